The van der Waals surface area contributed by atoms with Crippen LogP contribution in [0.1, 0.15) is 6.42 Å². The third-order valence-corrected chi connectivity index (χ3v) is 6.61. The fourth-order valence-corrected chi connectivity index (χ4v) is 4.99. The van der Waals surface area contributed by atoms with Gasteiger partial charge in [-0.2, -0.15) is 9.36 Å². The lowest BCUT2D eigenvalue weighted by Gasteiger charge is -2.35. The summed E-state index contributed by atoms with van der Waals surface area (Å²) in [6, 6.07) is 8.48. The van der Waals surface area contributed by atoms with Gasteiger partial charge in [-0.3, -0.25) is 4.90 Å². The van der Waals surface area contributed by atoms with Gasteiger partial charge in [0, 0.05) is 43.5 Å². The van der Waals surface area contributed by atoms with E-state index in [0.29, 0.717) is 17.6 Å². The van der Waals surface area contributed by atoms with Crippen LogP contribution in [-0.2, 0) is 0 Å². The van der Waals surface area contributed by atoms with Crippen molar-refractivity contribution in [1.82, 2.24) is 19.2 Å². The van der Waals surface area contributed by atoms with Crippen molar-refractivity contribution in [2.24, 2.45) is 0 Å². The third kappa shape index (κ3) is 4.12. The topological polar surface area (TPSA) is 67.5 Å². The Hall–Kier alpha value is -2.49. The number of aromatic nitrogens is 3. The van der Waals surface area contributed by atoms with Gasteiger partial charge in [0.15, 0.2) is 12.2 Å². The molecule has 1 aromatic carbocycles. The van der Waals surface area contributed by atoms with Crippen LogP contribution in [0.15, 0.2) is 46.7 Å². The van der Waals surface area contributed by atoms with Gasteiger partial charge >= 0.3 is 0 Å². The molecule has 0 atom stereocenters. The molecule has 9 heteroatoms. The van der Waals surface area contributed by atoms with Crippen molar-refractivity contribution >= 4 is 38.8 Å². The normalized spacial score (nSPS) is 15.2. The minimum Gasteiger partial charge on any atom is -0.470 e. The van der Waals surface area contributed by atoms with Gasteiger partial charge in [0.2, 0.25) is 0 Å². The van der Waals surface area contributed by atoms with E-state index in [0.717, 1.165) is 50.7 Å². The summed E-state index contributed by atoms with van der Waals surface area (Å²) >= 11 is 3.07. The van der Waals surface area contributed by atoms with E-state index >= 15 is 0 Å². The van der Waals surface area contributed by atoms with Crippen LogP contribution in [0.25, 0.3) is 21.5 Å². The van der Waals surface area contributed by atoms with Crippen molar-refractivity contribution in [3.63, 3.8) is 0 Å². The molecule has 0 amide bonds. The Balaban J connectivity index is 1.06. The molecule has 0 N–H and O–H groups in total. The lowest BCUT2D eigenvalue weighted by Crippen LogP contribution is -2.47. The van der Waals surface area contributed by atoms with E-state index in [4.69, 9.17) is 9.15 Å². The first-order chi connectivity index (χ1) is 14.4. The number of rotatable bonds is 7. The number of ether oxygens (including phenoxy) is 1. The Morgan fingerprint density at radius 3 is 2.90 bits per heavy atom. The monoisotopic (exact) mass is 427 g/mol. The molecule has 150 valence electrons. The largest absolute Gasteiger partial charge is 0.470 e. The van der Waals surface area contributed by atoms with Gasteiger partial charge in [-0.05, 0) is 30.1 Å². The summed E-state index contributed by atoms with van der Waals surface area (Å²) in [6.07, 6.45) is 4.05. The first-order valence-electron chi connectivity index (χ1n) is 9.66. The zero-order valence-corrected chi connectivity index (χ0v) is 17.5. The zero-order chi connectivity index (χ0) is 19.5. The maximum Gasteiger partial charge on any atom is 0.273 e. The molecule has 0 spiro atoms. The smallest absolute Gasteiger partial charge is 0.273 e. The van der Waals surface area contributed by atoms with E-state index in [9.17, 15) is 0 Å². The van der Waals surface area contributed by atoms with E-state index in [1.54, 1.807) is 17.7 Å². The zero-order valence-electron chi connectivity index (χ0n) is 15.9. The number of thiazole rings is 1. The van der Waals surface area contributed by atoms with Gasteiger partial charge in [0.1, 0.15) is 11.5 Å². The van der Waals surface area contributed by atoms with Crippen LogP contribution in [0.5, 0.6) is 5.19 Å². The number of anilines is 1. The van der Waals surface area contributed by atoms with Crippen molar-refractivity contribution in [3.05, 3.63) is 42.2 Å². The predicted octanol–water partition coefficient (Wildman–Crippen LogP) is 4.00. The van der Waals surface area contributed by atoms with E-state index in [1.807, 2.05) is 5.38 Å². The third-order valence-electron chi connectivity index (χ3n) is 5.04. The molecule has 1 fully saturated rings. The van der Waals surface area contributed by atoms with E-state index in [2.05, 4.69) is 48.4 Å². The highest BCUT2D eigenvalue weighted by atomic mass is 32.1. The number of fused-ring (bicyclic) bond motifs is 1. The number of benzene rings is 1. The molecule has 3 aromatic heterocycles. The molecule has 5 rings (SSSR count). The molecule has 4 heterocycles. The highest BCUT2D eigenvalue weighted by molar-refractivity contribution is 7.13. The summed E-state index contributed by atoms with van der Waals surface area (Å²) in [5.41, 5.74) is 0.771. The van der Waals surface area contributed by atoms with Gasteiger partial charge in [-0.15, -0.1) is 0 Å². The molecule has 1 aliphatic heterocycles. The Bertz CT molecular complexity index is 1050. The average Bonchev–Trinajstić information content (AvgIpc) is 3.52. The lowest BCUT2D eigenvalue weighted by molar-refractivity contribution is 0.224. The van der Waals surface area contributed by atoms with Gasteiger partial charge < -0.3 is 14.1 Å². The Morgan fingerprint density at radius 1 is 1.14 bits per heavy atom. The van der Waals surface area contributed by atoms with Crippen LogP contribution >= 0.6 is 22.9 Å². The van der Waals surface area contributed by atoms with Crippen LogP contribution in [0.3, 0.4) is 0 Å². The van der Waals surface area contributed by atoms with Gasteiger partial charge in [-0.1, -0.05) is 23.5 Å². The van der Waals surface area contributed by atoms with Crippen LogP contribution in [0, 0.1) is 0 Å². The van der Waals surface area contributed by atoms with Crippen LogP contribution in [0.2, 0.25) is 0 Å². The van der Waals surface area contributed by atoms with Crippen LogP contribution < -0.4 is 9.64 Å². The SMILES string of the molecule is c1ccc2c(N3CCN(CCCOc4nc(-c5cnco5)cs4)CC3)nsc2c1. The first-order valence-corrected chi connectivity index (χ1v) is 11.3. The van der Waals surface area contributed by atoms with Crippen molar-refractivity contribution in [3.8, 4) is 16.6 Å². The van der Waals surface area contributed by atoms with E-state index in [1.165, 1.54) is 27.8 Å². The fourth-order valence-electron chi connectivity index (χ4n) is 3.51. The first kappa shape index (κ1) is 18.5. The van der Waals surface area contributed by atoms with Crippen LogP contribution in [0.4, 0.5) is 5.82 Å². The van der Waals surface area contributed by atoms with E-state index < -0.39 is 0 Å². The Morgan fingerprint density at radius 2 is 2.03 bits per heavy atom. The molecule has 0 bridgehead atoms. The summed E-state index contributed by atoms with van der Waals surface area (Å²) < 4.78 is 17.0. The summed E-state index contributed by atoms with van der Waals surface area (Å²) in [5.74, 6) is 1.81. The maximum atomic E-state index is 5.80. The highest BCUT2D eigenvalue weighted by Crippen LogP contribution is 2.30. The van der Waals surface area contributed by atoms with Crippen molar-refractivity contribution in [2.75, 3.05) is 44.2 Å². The van der Waals surface area contributed by atoms with Crippen molar-refractivity contribution in [1.29, 1.82) is 0 Å². The molecule has 1 aliphatic rings. The number of oxazole rings is 1. The van der Waals surface area contributed by atoms with Crippen molar-refractivity contribution < 1.29 is 9.15 Å². The molecule has 1 saturated heterocycles. The van der Waals surface area contributed by atoms with Crippen LogP contribution in [-0.4, -0.2) is 58.6 Å². The summed E-state index contributed by atoms with van der Waals surface area (Å²) in [7, 11) is 0. The Labute approximate surface area is 176 Å². The summed E-state index contributed by atoms with van der Waals surface area (Å²) in [5, 5.41) is 3.88. The predicted molar refractivity (Wildman–Crippen MR) is 116 cm³/mol. The van der Waals surface area contributed by atoms with Gasteiger partial charge in [-0.25, -0.2) is 4.98 Å². The molecular weight excluding hydrogens is 406 g/mol. The second-order valence-corrected chi connectivity index (χ2v) is 8.52. The molecule has 0 radical (unpaired) electrons. The number of hydrogen-bond acceptors (Lipinski definition) is 9. The molecule has 0 aliphatic carbocycles. The minimum atomic E-state index is 0.667. The molecule has 7 nitrogen and oxygen atoms in total. The van der Waals surface area contributed by atoms with Crippen molar-refractivity contribution in [2.45, 2.75) is 6.42 Å². The summed E-state index contributed by atoms with van der Waals surface area (Å²) in [6.45, 7) is 5.84. The van der Waals surface area contributed by atoms with Gasteiger partial charge in [0.25, 0.3) is 5.19 Å². The molecular formula is C20H21N5O2S2. The maximum absolute atomic E-state index is 5.80. The molecule has 29 heavy (non-hydrogen) atoms. The highest BCUT2D eigenvalue weighted by Gasteiger charge is 2.20. The molecule has 0 unspecified atom stereocenters. The Kier molecular flexibility index (Phi) is 5.42. The standard InChI is InChI=1S/C20H21N5O2S2/c1-2-5-18-15(4-1)19(23-29-18)25-9-7-24(8-10-25)6-3-11-26-20-22-16(13-28-20)17-12-21-14-27-17/h1-2,4-5,12-14H,3,6-11H2. The second-order valence-electron chi connectivity index (χ2n) is 6.90. The average molecular weight is 428 g/mol. The number of hydrogen-bond donors (Lipinski definition) is 0. The van der Waals surface area contributed by atoms with Gasteiger partial charge in [0.05, 0.1) is 17.5 Å². The molecule has 4 aromatic rings. The molecule has 0 saturated carbocycles. The lowest BCUT2D eigenvalue weighted by atomic mass is 10.2. The number of nitrogens with zero attached hydrogens (tertiary/aromatic N) is 5. The van der Waals surface area contributed by atoms with E-state index in [-0.39, 0.29) is 0 Å². The quantitative estimate of drug-likeness (QED) is 0.413. The second kappa shape index (κ2) is 8.48. The summed E-state index contributed by atoms with van der Waals surface area (Å²) in [4.78, 5) is 13.3. The number of piperazine rings is 1. The minimum absolute atomic E-state index is 0.667. The fraction of sp³-hybridized carbons (Fsp3) is 0.350.